The van der Waals surface area contributed by atoms with Crippen molar-refractivity contribution in [1.82, 2.24) is 23.6 Å². The summed E-state index contributed by atoms with van der Waals surface area (Å²) in [5.74, 6) is 0. The summed E-state index contributed by atoms with van der Waals surface area (Å²) in [5, 5.41) is 1.91. The SMILES string of the molecule is Cc1csc2nc(CN3CCN(S(=O)(=O)c4cccnc4)CC3)cc(=O)n12. The van der Waals surface area contributed by atoms with Crippen LogP contribution in [0.25, 0.3) is 4.96 Å². The maximum absolute atomic E-state index is 12.7. The zero-order valence-corrected chi connectivity index (χ0v) is 16.4. The van der Waals surface area contributed by atoms with Crippen LogP contribution in [-0.2, 0) is 16.6 Å². The van der Waals surface area contributed by atoms with Gasteiger partial charge in [-0.25, -0.2) is 13.4 Å². The first-order valence-electron chi connectivity index (χ1n) is 8.54. The third-order valence-electron chi connectivity index (χ3n) is 4.62. The number of pyridine rings is 1. The van der Waals surface area contributed by atoms with Gasteiger partial charge in [-0.15, -0.1) is 11.3 Å². The number of hydrogen-bond acceptors (Lipinski definition) is 7. The summed E-state index contributed by atoms with van der Waals surface area (Å²) in [4.78, 5) is 23.8. The van der Waals surface area contributed by atoms with E-state index in [-0.39, 0.29) is 10.5 Å². The Labute approximate surface area is 160 Å². The smallest absolute Gasteiger partial charge is 0.259 e. The summed E-state index contributed by atoms with van der Waals surface area (Å²) in [5.41, 5.74) is 1.52. The monoisotopic (exact) mass is 405 g/mol. The van der Waals surface area contributed by atoms with Crippen LogP contribution in [0.15, 0.2) is 45.7 Å². The van der Waals surface area contributed by atoms with E-state index in [9.17, 15) is 13.2 Å². The van der Waals surface area contributed by atoms with Gasteiger partial charge in [0.1, 0.15) is 4.90 Å². The highest BCUT2D eigenvalue weighted by Gasteiger charge is 2.28. The second kappa shape index (κ2) is 7.12. The Balaban J connectivity index is 1.45. The van der Waals surface area contributed by atoms with E-state index >= 15 is 0 Å². The van der Waals surface area contributed by atoms with Gasteiger partial charge in [-0.1, -0.05) is 0 Å². The van der Waals surface area contributed by atoms with Gasteiger partial charge in [-0.05, 0) is 19.1 Å². The molecule has 0 N–H and O–H groups in total. The summed E-state index contributed by atoms with van der Waals surface area (Å²) in [6.07, 6.45) is 2.93. The Morgan fingerprint density at radius 1 is 1.22 bits per heavy atom. The van der Waals surface area contributed by atoms with Crippen LogP contribution in [0, 0.1) is 6.92 Å². The molecular weight excluding hydrogens is 386 g/mol. The van der Waals surface area contributed by atoms with Crippen LogP contribution < -0.4 is 5.56 Å². The Hall–Kier alpha value is -2.14. The van der Waals surface area contributed by atoms with Crippen molar-refractivity contribution < 1.29 is 8.42 Å². The van der Waals surface area contributed by atoms with Crippen LogP contribution in [-0.4, -0.2) is 58.2 Å². The summed E-state index contributed by atoms with van der Waals surface area (Å²) in [7, 11) is -3.51. The standard InChI is InChI=1S/C17H19N5O3S2/c1-13-12-26-17-19-14(9-16(23)22(13)17)11-20-5-7-21(8-6-20)27(24,25)15-3-2-4-18-10-15/h2-4,9-10,12H,5-8,11H2,1H3. The average molecular weight is 406 g/mol. The quantitative estimate of drug-likeness (QED) is 0.643. The van der Waals surface area contributed by atoms with Gasteiger partial charge < -0.3 is 0 Å². The molecule has 0 aromatic carbocycles. The lowest BCUT2D eigenvalue weighted by molar-refractivity contribution is 0.180. The van der Waals surface area contributed by atoms with Crippen molar-refractivity contribution in [3.8, 4) is 0 Å². The number of aryl methyl sites for hydroxylation is 1. The van der Waals surface area contributed by atoms with Crippen LogP contribution in [0.1, 0.15) is 11.4 Å². The largest absolute Gasteiger partial charge is 0.295 e. The summed E-state index contributed by atoms with van der Waals surface area (Å²) < 4.78 is 28.4. The minimum absolute atomic E-state index is 0.0773. The fourth-order valence-electron chi connectivity index (χ4n) is 3.19. The van der Waals surface area contributed by atoms with Gasteiger partial charge in [0.15, 0.2) is 4.96 Å². The van der Waals surface area contributed by atoms with Crippen LogP contribution in [0.2, 0.25) is 0 Å². The number of nitrogens with zero attached hydrogens (tertiary/aromatic N) is 5. The molecule has 1 fully saturated rings. The number of piperazine rings is 1. The van der Waals surface area contributed by atoms with E-state index in [0.717, 1.165) is 5.69 Å². The lowest BCUT2D eigenvalue weighted by Crippen LogP contribution is -2.48. The molecule has 0 atom stereocenters. The average Bonchev–Trinajstić information content (AvgIpc) is 3.04. The second-order valence-electron chi connectivity index (χ2n) is 6.45. The minimum Gasteiger partial charge on any atom is -0.295 e. The number of sulfonamides is 1. The van der Waals surface area contributed by atoms with Crippen molar-refractivity contribution in [3.05, 3.63) is 57.7 Å². The highest BCUT2D eigenvalue weighted by molar-refractivity contribution is 7.89. The molecule has 0 amide bonds. The summed E-state index contributed by atoms with van der Waals surface area (Å²) >= 11 is 1.45. The zero-order chi connectivity index (χ0) is 19.0. The molecule has 3 aromatic heterocycles. The van der Waals surface area contributed by atoms with Crippen molar-refractivity contribution in [1.29, 1.82) is 0 Å². The van der Waals surface area contributed by atoms with E-state index in [1.165, 1.54) is 21.8 Å². The van der Waals surface area contributed by atoms with Crippen LogP contribution in [0.3, 0.4) is 0 Å². The van der Waals surface area contributed by atoms with Gasteiger partial charge in [-0.2, -0.15) is 4.31 Å². The van der Waals surface area contributed by atoms with Gasteiger partial charge in [0.05, 0.1) is 5.69 Å². The molecule has 0 saturated carbocycles. The minimum atomic E-state index is -3.51. The molecule has 0 radical (unpaired) electrons. The Kier molecular flexibility index (Phi) is 4.81. The maximum Gasteiger partial charge on any atom is 0.259 e. The predicted octanol–water partition coefficient (Wildman–Crippen LogP) is 0.966. The maximum atomic E-state index is 12.7. The van der Waals surface area contributed by atoms with Crippen LogP contribution in [0.5, 0.6) is 0 Å². The van der Waals surface area contributed by atoms with Gasteiger partial charge in [0, 0.05) is 62.3 Å². The predicted molar refractivity (Wildman–Crippen MR) is 102 cm³/mol. The molecule has 8 nitrogen and oxygen atoms in total. The fourth-order valence-corrected chi connectivity index (χ4v) is 5.47. The van der Waals surface area contributed by atoms with Crippen LogP contribution in [0.4, 0.5) is 0 Å². The van der Waals surface area contributed by atoms with E-state index in [2.05, 4.69) is 14.9 Å². The van der Waals surface area contributed by atoms with Gasteiger partial charge in [-0.3, -0.25) is 19.1 Å². The van der Waals surface area contributed by atoms with E-state index in [0.29, 0.717) is 43.4 Å². The molecule has 0 bridgehead atoms. The molecule has 27 heavy (non-hydrogen) atoms. The topological polar surface area (TPSA) is 87.9 Å². The second-order valence-corrected chi connectivity index (χ2v) is 9.22. The highest BCUT2D eigenvalue weighted by Crippen LogP contribution is 2.18. The lowest BCUT2D eigenvalue weighted by atomic mass is 10.3. The molecule has 4 heterocycles. The number of fused-ring (bicyclic) bond motifs is 1. The summed E-state index contributed by atoms with van der Waals surface area (Å²) in [6.45, 7) is 4.39. The van der Waals surface area contributed by atoms with Crippen molar-refractivity contribution in [3.63, 3.8) is 0 Å². The Morgan fingerprint density at radius 3 is 2.70 bits per heavy atom. The molecule has 10 heteroatoms. The molecule has 3 aromatic rings. The number of thiazole rings is 1. The first kappa shape index (κ1) is 18.2. The highest BCUT2D eigenvalue weighted by atomic mass is 32.2. The Bertz CT molecular complexity index is 1120. The number of aromatic nitrogens is 3. The normalized spacial score (nSPS) is 16.8. The third kappa shape index (κ3) is 3.53. The van der Waals surface area contributed by atoms with Gasteiger partial charge >= 0.3 is 0 Å². The van der Waals surface area contributed by atoms with E-state index in [1.807, 2.05) is 12.3 Å². The first-order valence-corrected chi connectivity index (χ1v) is 10.9. The third-order valence-corrected chi connectivity index (χ3v) is 7.44. The molecule has 0 spiro atoms. The van der Waals surface area contributed by atoms with Crippen molar-refractivity contribution in [2.45, 2.75) is 18.4 Å². The zero-order valence-electron chi connectivity index (χ0n) is 14.8. The van der Waals surface area contributed by atoms with Crippen molar-refractivity contribution >= 4 is 26.3 Å². The van der Waals surface area contributed by atoms with Crippen molar-refractivity contribution in [2.24, 2.45) is 0 Å². The first-order chi connectivity index (χ1) is 12.9. The lowest BCUT2D eigenvalue weighted by Gasteiger charge is -2.33. The van der Waals surface area contributed by atoms with Crippen LogP contribution >= 0.6 is 11.3 Å². The summed E-state index contributed by atoms with van der Waals surface area (Å²) in [6, 6.07) is 4.74. The fraction of sp³-hybridized carbons (Fsp3) is 0.353. The molecule has 142 valence electrons. The number of rotatable bonds is 4. The molecule has 1 aliphatic rings. The number of hydrogen-bond donors (Lipinski definition) is 0. The van der Waals surface area contributed by atoms with E-state index < -0.39 is 10.0 Å². The molecule has 1 aliphatic heterocycles. The van der Waals surface area contributed by atoms with E-state index in [4.69, 9.17) is 0 Å². The van der Waals surface area contributed by atoms with Gasteiger partial charge in [0.25, 0.3) is 5.56 Å². The molecule has 1 saturated heterocycles. The van der Waals surface area contributed by atoms with Gasteiger partial charge in [0.2, 0.25) is 10.0 Å². The molecule has 0 aliphatic carbocycles. The molecular formula is C17H19N5O3S2. The molecule has 4 rings (SSSR count). The van der Waals surface area contributed by atoms with E-state index in [1.54, 1.807) is 28.8 Å². The van der Waals surface area contributed by atoms with Crippen molar-refractivity contribution in [2.75, 3.05) is 26.2 Å². The Morgan fingerprint density at radius 2 is 2.00 bits per heavy atom. The molecule has 0 unspecified atom stereocenters.